The van der Waals surface area contributed by atoms with Crippen LogP contribution in [0, 0.1) is 13.8 Å². The van der Waals surface area contributed by atoms with Crippen molar-refractivity contribution in [2.24, 2.45) is 7.05 Å². The minimum Gasteiger partial charge on any atom is -0.352 e. The van der Waals surface area contributed by atoms with Gasteiger partial charge in [-0.05, 0) is 31.0 Å². The molecule has 0 spiro atoms. The number of hydrogen-bond acceptors (Lipinski definition) is 4. The summed E-state index contributed by atoms with van der Waals surface area (Å²) in [4.78, 5) is 14.0. The highest BCUT2D eigenvalue weighted by Crippen LogP contribution is 2.27. The fraction of sp³-hybridized carbons (Fsp3) is 0.211. The third kappa shape index (κ3) is 2.38. The van der Waals surface area contributed by atoms with Gasteiger partial charge in [-0.15, -0.1) is 0 Å². The number of anilines is 1. The van der Waals surface area contributed by atoms with E-state index in [4.69, 9.17) is 4.98 Å². The topological polar surface area (TPSA) is 55.6 Å². The molecule has 1 N–H and O–H groups in total. The first-order valence-electron chi connectivity index (χ1n) is 8.00. The second-order valence-electron chi connectivity index (χ2n) is 6.10. The van der Waals surface area contributed by atoms with Crippen LogP contribution in [0.4, 0.5) is 5.95 Å². The number of imidazole rings is 1. The number of rotatable bonds is 3. The number of benzene rings is 2. The third-order valence-corrected chi connectivity index (χ3v) is 4.28. The normalized spacial score (nSPS) is 11.3. The Bertz CT molecular complexity index is 1030. The monoisotopic (exact) mass is 317 g/mol. The van der Waals surface area contributed by atoms with Gasteiger partial charge in [-0.2, -0.15) is 0 Å². The van der Waals surface area contributed by atoms with Crippen molar-refractivity contribution in [2.75, 3.05) is 5.32 Å². The molecule has 0 amide bonds. The molecule has 2 heterocycles. The van der Waals surface area contributed by atoms with Gasteiger partial charge >= 0.3 is 0 Å². The molecule has 0 aliphatic heterocycles. The molecule has 2 aromatic carbocycles. The minimum absolute atomic E-state index is 0.736. The van der Waals surface area contributed by atoms with Crippen LogP contribution in [0.15, 0.2) is 42.6 Å². The molecular weight excluding hydrogens is 298 g/mol. The Kier molecular flexibility index (Phi) is 3.41. The standard InChI is InChI=1S/C19H19N5/c1-12-9-15-17(18-16(12)22-13(2)10-20-18)23-19(24(15)3)21-11-14-7-5-4-6-8-14/h4-10H,11H2,1-3H3,(H,21,23). The van der Waals surface area contributed by atoms with Gasteiger partial charge in [0.2, 0.25) is 5.95 Å². The lowest BCUT2D eigenvalue weighted by Crippen LogP contribution is -2.04. The highest BCUT2D eigenvalue weighted by atomic mass is 15.2. The van der Waals surface area contributed by atoms with Gasteiger partial charge in [0.25, 0.3) is 0 Å². The fourth-order valence-corrected chi connectivity index (χ4v) is 2.98. The maximum atomic E-state index is 4.78. The molecule has 0 radical (unpaired) electrons. The Labute approximate surface area is 140 Å². The molecule has 0 bridgehead atoms. The van der Waals surface area contributed by atoms with E-state index in [1.807, 2.05) is 32.2 Å². The lowest BCUT2D eigenvalue weighted by atomic mass is 10.1. The summed E-state index contributed by atoms with van der Waals surface area (Å²) in [6.45, 7) is 4.76. The Morgan fingerprint density at radius 2 is 1.79 bits per heavy atom. The number of nitrogens with one attached hydrogen (secondary N) is 1. The van der Waals surface area contributed by atoms with Gasteiger partial charge in [-0.25, -0.2) is 9.97 Å². The number of fused-ring (bicyclic) bond motifs is 3. The van der Waals surface area contributed by atoms with E-state index < -0.39 is 0 Å². The van der Waals surface area contributed by atoms with E-state index >= 15 is 0 Å². The van der Waals surface area contributed by atoms with E-state index in [0.717, 1.165) is 45.8 Å². The molecule has 0 saturated carbocycles. The molecule has 0 aliphatic rings. The van der Waals surface area contributed by atoms with Gasteiger partial charge in [-0.1, -0.05) is 30.3 Å². The van der Waals surface area contributed by atoms with Crippen LogP contribution in [-0.2, 0) is 13.6 Å². The molecule has 0 atom stereocenters. The molecule has 120 valence electrons. The second kappa shape index (κ2) is 5.60. The van der Waals surface area contributed by atoms with Gasteiger partial charge in [-0.3, -0.25) is 4.98 Å². The van der Waals surface area contributed by atoms with Crippen LogP contribution in [-0.4, -0.2) is 19.5 Å². The van der Waals surface area contributed by atoms with Crippen molar-refractivity contribution in [3.63, 3.8) is 0 Å². The number of aryl methyl sites for hydroxylation is 3. The maximum absolute atomic E-state index is 4.78. The van der Waals surface area contributed by atoms with Crippen LogP contribution in [0.1, 0.15) is 16.8 Å². The van der Waals surface area contributed by atoms with E-state index in [-0.39, 0.29) is 0 Å². The summed E-state index contributed by atoms with van der Waals surface area (Å²) in [5, 5.41) is 3.42. The first kappa shape index (κ1) is 14.6. The summed E-state index contributed by atoms with van der Waals surface area (Å²) in [7, 11) is 2.02. The van der Waals surface area contributed by atoms with E-state index in [1.54, 1.807) is 6.20 Å². The third-order valence-electron chi connectivity index (χ3n) is 4.28. The quantitative estimate of drug-likeness (QED) is 0.625. The van der Waals surface area contributed by atoms with Crippen molar-refractivity contribution in [3.8, 4) is 0 Å². The van der Waals surface area contributed by atoms with Crippen molar-refractivity contribution >= 4 is 28.0 Å². The van der Waals surface area contributed by atoms with Gasteiger partial charge in [0.05, 0.1) is 16.7 Å². The van der Waals surface area contributed by atoms with Gasteiger partial charge in [0.1, 0.15) is 11.0 Å². The van der Waals surface area contributed by atoms with Crippen LogP contribution in [0.5, 0.6) is 0 Å². The number of hydrogen-bond donors (Lipinski definition) is 1. The zero-order chi connectivity index (χ0) is 16.7. The lowest BCUT2D eigenvalue weighted by molar-refractivity contribution is 0.927. The molecule has 5 nitrogen and oxygen atoms in total. The average Bonchev–Trinajstić information content (AvgIpc) is 2.91. The highest BCUT2D eigenvalue weighted by Gasteiger charge is 2.14. The summed E-state index contributed by atoms with van der Waals surface area (Å²) in [5.74, 6) is 0.836. The summed E-state index contributed by atoms with van der Waals surface area (Å²) in [6, 6.07) is 12.4. The van der Waals surface area contributed by atoms with Gasteiger partial charge in [0, 0.05) is 19.8 Å². The Hall–Kier alpha value is -2.95. The largest absolute Gasteiger partial charge is 0.352 e. The summed E-state index contributed by atoms with van der Waals surface area (Å²) >= 11 is 0. The maximum Gasteiger partial charge on any atom is 0.203 e. The molecular formula is C19H19N5. The van der Waals surface area contributed by atoms with Crippen LogP contribution < -0.4 is 5.32 Å². The van der Waals surface area contributed by atoms with Gasteiger partial charge in [0.15, 0.2) is 0 Å². The van der Waals surface area contributed by atoms with Crippen molar-refractivity contribution in [1.82, 2.24) is 19.5 Å². The Balaban J connectivity index is 1.80. The molecule has 0 aliphatic carbocycles. The van der Waals surface area contributed by atoms with Crippen molar-refractivity contribution in [2.45, 2.75) is 20.4 Å². The number of aromatic nitrogens is 4. The molecule has 0 fully saturated rings. The van der Waals surface area contributed by atoms with Crippen LogP contribution in [0.3, 0.4) is 0 Å². The zero-order valence-electron chi connectivity index (χ0n) is 14.0. The highest BCUT2D eigenvalue weighted by molar-refractivity contribution is 6.02. The van der Waals surface area contributed by atoms with Crippen molar-refractivity contribution in [3.05, 3.63) is 59.4 Å². The molecule has 5 heteroatoms. The first-order chi connectivity index (χ1) is 11.6. The second-order valence-corrected chi connectivity index (χ2v) is 6.10. The number of nitrogens with zero attached hydrogens (tertiary/aromatic N) is 4. The molecule has 0 saturated heterocycles. The lowest BCUT2D eigenvalue weighted by Gasteiger charge is -2.06. The summed E-state index contributed by atoms with van der Waals surface area (Å²) in [5.41, 5.74) is 7.00. The molecule has 4 rings (SSSR count). The first-order valence-corrected chi connectivity index (χ1v) is 8.00. The zero-order valence-corrected chi connectivity index (χ0v) is 14.0. The smallest absolute Gasteiger partial charge is 0.203 e. The van der Waals surface area contributed by atoms with Gasteiger partial charge < -0.3 is 9.88 Å². The predicted octanol–water partition coefficient (Wildman–Crippen LogP) is 3.75. The van der Waals surface area contributed by atoms with E-state index in [2.05, 4.69) is 45.0 Å². The van der Waals surface area contributed by atoms with E-state index in [1.165, 1.54) is 5.56 Å². The molecule has 0 unspecified atom stereocenters. The van der Waals surface area contributed by atoms with E-state index in [0.29, 0.717) is 0 Å². The Morgan fingerprint density at radius 1 is 1.00 bits per heavy atom. The Morgan fingerprint density at radius 3 is 2.58 bits per heavy atom. The molecule has 24 heavy (non-hydrogen) atoms. The summed E-state index contributed by atoms with van der Waals surface area (Å²) < 4.78 is 2.08. The minimum atomic E-state index is 0.736. The fourth-order valence-electron chi connectivity index (χ4n) is 2.98. The van der Waals surface area contributed by atoms with Crippen LogP contribution in [0.25, 0.3) is 22.1 Å². The van der Waals surface area contributed by atoms with Crippen molar-refractivity contribution < 1.29 is 0 Å². The SMILES string of the molecule is Cc1cnc2c(n1)c(C)cc1c2nc(NCc2ccccc2)n1C. The van der Waals surface area contributed by atoms with Crippen LogP contribution in [0.2, 0.25) is 0 Å². The predicted molar refractivity (Wildman–Crippen MR) is 97.1 cm³/mol. The van der Waals surface area contributed by atoms with E-state index in [9.17, 15) is 0 Å². The van der Waals surface area contributed by atoms with Crippen LogP contribution >= 0.6 is 0 Å². The average molecular weight is 317 g/mol. The molecule has 4 aromatic rings. The summed E-state index contributed by atoms with van der Waals surface area (Å²) in [6.07, 6.45) is 1.80. The van der Waals surface area contributed by atoms with Crippen molar-refractivity contribution in [1.29, 1.82) is 0 Å². The molecule has 2 aromatic heterocycles.